The van der Waals surface area contributed by atoms with Gasteiger partial charge in [0.1, 0.15) is 11.6 Å². The van der Waals surface area contributed by atoms with Crippen LogP contribution in [0.1, 0.15) is 6.42 Å². The molecule has 0 radical (unpaired) electrons. The zero-order valence-corrected chi connectivity index (χ0v) is 9.30. The standard InChI is InChI=1S/C15H12O2/c16-12-8-6-5-7-9(8)13(17)15-4-2-1-3-14(12,15)10(6)11(7)15/h1-4,6-11H,5H2/t6-,7+,8-,9+,10-,11+,14-,15+. The molecule has 2 spiro atoms. The van der Waals surface area contributed by atoms with Crippen molar-refractivity contribution in [1.29, 1.82) is 0 Å². The van der Waals surface area contributed by atoms with E-state index in [1.54, 1.807) is 0 Å². The van der Waals surface area contributed by atoms with Crippen LogP contribution in [0.2, 0.25) is 0 Å². The number of hydrogen-bond acceptors (Lipinski definition) is 2. The number of carbonyl (C=O) groups excluding carboxylic acids is 2. The number of rotatable bonds is 0. The smallest absolute Gasteiger partial charge is 0.148 e. The van der Waals surface area contributed by atoms with E-state index in [2.05, 4.69) is 12.2 Å². The maximum absolute atomic E-state index is 12.8. The quantitative estimate of drug-likeness (QED) is 0.623. The summed E-state index contributed by atoms with van der Waals surface area (Å²) in [5, 5.41) is 0. The van der Waals surface area contributed by atoms with Gasteiger partial charge in [-0.3, -0.25) is 9.59 Å². The van der Waals surface area contributed by atoms with Crippen molar-refractivity contribution >= 4 is 11.6 Å². The molecule has 6 aliphatic rings. The Labute approximate surface area is 98.8 Å². The second kappa shape index (κ2) is 1.79. The van der Waals surface area contributed by atoms with E-state index in [1.807, 2.05) is 12.2 Å². The third-order valence-corrected chi connectivity index (χ3v) is 7.15. The van der Waals surface area contributed by atoms with Crippen molar-refractivity contribution in [3.05, 3.63) is 24.3 Å². The molecule has 2 heteroatoms. The van der Waals surface area contributed by atoms with Crippen molar-refractivity contribution in [1.82, 2.24) is 0 Å². The number of ketones is 2. The lowest BCUT2D eigenvalue weighted by Gasteiger charge is -2.61. The summed E-state index contributed by atoms with van der Waals surface area (Å²) in [4.78, 5) is 25.5. The van der Waals surface area contributed by atoms with E-state index in [9.17, 15) is 9.59 Å². The van der Waals surface area contributed by atoms with Crippen LogP contribution in [0.4, 0.5) is 0 Å². The number of fused-ring (bicyclic) bond motifs is 1. The van der Waals surface area contributed by atoms with E-state index < -0.39 is 0 Å². The first kappa shape index (κ1) is 8.02. The Morgan fingerprint density at radius 3 is 1.82 bits per heavy atom. The van der Waals surface area contributed by atoms with Gasteiger partial charge in [-0.1, -0.05) is 24.3 Å². The topological polar surface area (TPSA) is 34.1 Å². The van der Waals surface area contributed by atoms with Gasteiger partial charge in [-0.2, -0.15) is 0 Å². The Morgan fingerprint density at radius 2 is 1.35 bits per heavy atom. The lowest BCUT2D eigenvalue weighted by Crippen LogP contribution is -2.66. The van der Waals surface area contributed by atoms with Crippen molar-refractivity contribution in [3.8, 4) is 0 Å². The number of carbonyl (C=O) groups is 2. The van der Waals surface area contributed by atoms with Gasteiger partial charge in [0.25, 0.3) is 0 Å². The SMILES string of the molecule is O=C1[C@@H]2[C@H]3C[C@H]4[C@@H]2C(=O)[C@@]25C=CC=C[C@@]12[C@H]3[C@H]45. The van der Waals surface area contributed by atoms with Gasteiger partial charge >= 0.3 is 0 Å². The van der Waals surface area contributed by atoms with Crippen LogP contribution in [-0.2, 0) is 9.59 Å². The monoisotopic (exact) mass is 224 g/mol. The van der Waals surface area contributed by atoms with E-state index in [4.69, 9.17) is 0 Å². The Balaban J connectivity index is 1.83. The maximum atomic E-state index is 12.8. The van der Waals surface area contributed by atoms with Gasteiger partial charge in [-0.25, -0.2) is 0 Å². The van der Waals surface area contributed by atoms with Gasteiger partial charge in [0.05, 0.1) is 10.8 Å². The minimum Gasteiger partial charge on any atom is -0.298 e. The first-order chi connectivity index (χ1) is 8.25. The average Bonchev–Trinajstić information content (AvgIpc) is 2.86. The molecule has 0 unspecified atom stereocenters. The summed E-state index contributed by atoms with van der Waals surface area (Å²) in [5.74, 6) is 3.23. The van der Waals surface area contributed by atoms with Crippen LogP contribution in [0.3, 0.4) is 0 Å². The fourth-order valence-electron chi connectivity index (χ4n) is 7.19. The van der Waals surface area contributed by atoms with Crippen LogP contribution in [-0.4, -0.2) is 11.6 Å². The highest BCUT2D eigenvalue weighted by Gasteiger charge is 2.94. The molecule has 5 fully saturated rings. The molecule has 8 atom stereocenters. The Bertz CT molecular complexity index is 548. The largest absolute Gasteiger partial charge is 0.298 e. The van der Waals surface area contributed by atoms with Crippen LogP contribution in [0, 0.1) is 46.3 Å². The second-order valence-electron chi connectivity index (χ2n) is 6.85. The summed E-state index contributed by atoms with van der Waals surface area (Å²) in [6, 6.07) is 0. The Hall–Kier alpha value is -1.18. The summed E-state index contributed by atoms with van der Waals surface area (Å²) in [6.45, 7) is 0. The van der Waals surface area contributed by atoms with Crippen LogP contribution in [0.15, 0.2) is 24.3 Å². The number of hydrogen-bond donors (Lipinski definition) is 0. The van der Waals surface area contributed by atoms with Crippen molar-refractivity contribution in [3.63, 3.8) is 0 Å². The summed E-state index contributed by atoms with van der Waals surface area (Å²) < 4.78 is 0. The fraction of sp³-hybridized carbons (Fsp3) is 0.600. The van der Waals surface area contributed by atoms with Gasteiger partial charge in [0.2, 0.25) is 0 Å². The predicted molar refractivity (Wildman–Crippen MR) is 58.7 cm³/mol. The van der Waals surface area contributed by atoms with Crippen molar-refractivity contribution in [2.75, 3.05) is 0 Å². The zero-order valence-electron chi connectivity index (χ0n) is 9.30. The van der Waals surface area contributed by atoms with Crippen molar-refractivity contribution in [2.24, 2.45) is 46.3 Å². The Morgan fingerprint density at radius 1 is 0.882 bits per heavy atom. The first-order valence-electron chi connectivity index (χ1n) is 6.71. The minimum atomic E-state index is -0.374. The summed E-state index contributed by atoms with van der Waals surface area (Å²) in [7, 11) is 0. The third kappa shape index (κ3) is 0.413. The average molecular weight is 224 g/mol. The van der Waals surface area contributed by atoms with Crippen LogP contribution >= 0.6 is 0 Å². The molecule has 84 valence electrons. The lowest BCUT2D eigenvalue weighted by molar-refractivity contribution is -0.167. The lowest BCUT2D eigenvalue weighted by atomic mass is 9.38. The van der Waals surface area contributed by atoms with Gasteiger partial charge in [-0.15, -0.1) is 0 Å². The molecule has 0 N–H and O–H groups in total. The van der Waals surface area contributed by atoms with Gasteiger partial charge < -0.3 is 0 Å². The van der Waals surface area contributed by atoms with Crippen LogP contribution in [0.25, 0.3) is 0 Å². The molecular weight excluding hydrogens is 212 g/mol. The zero-order chi connectivity index (χ0) is 11.2. The molecular formula is C15H12O2. The molecule has 0 aromatic rings. The van der Waals surface area contributed by atoms with E-state index in [0.717, 1.165) is 6.42 Å². The number of Topliss-reactive ketones (excluding diaryl/α,β-unsaturated/α-hetero) is 2. The fourth-order valence-corrected chi connectivity index (χ4v) is 7.19. The van der Waals surface area contributed by atoms with E-state index in [0.29, 0.717) is 35.2 Å². The van der Waals surface area contributed by atoms with Crippen molar-refractivity contribution < 1.29 is 9.59 Å². The van der Waals surface area contributed by atoms with E-state index >= 15 is 0 Å². The van der Waals surface area contributed by atoms with Gasteiger partial charge in [0.15, 0.2) is 0 Å². The number of allylic oxidation sites excluding steroid dienone is 4. The molecule has 0 saturated heterocycles. The van der Waals surface area contributed by atoms with Crippen molar-refractivity contribution in [2.45, 2.75) is 6.42 Å². The molecule has 0 aromatic carbocycles. The van der Waals surface area contributed by atoms with E-state index in [-0.39, 0.29) is 22.7 Å². The van der Waals surface area contributed by atoms with Crippen LogP contribution < -0.4 is 0 Å². The maximum Gasteiger partial charge on any atom is 0.148 e. The molecule has 0 aliphatic heterocycles. The summed E-state index contributed by atoms with van der Waals surface area (Å²) >= 11 is 0. The molecule has 0 amide bonds. The third-order valence-electron chi connectivity index (χ3n) is 7.15. The van der Waals surface area contributed by atoms with Crippen LogP contribution in [0.5, 0.6) is 0 Å². The molecule has 6 rings (SSSR count). The molecule has 2 bridgehead atoms. The van der Waals surface area contributed by atoms with Gasteiger partial charge in [-0.05, 0) is 30.1 Å². The first-order valence-corrected chi connectivity index (χ1v) is 6.71. The normalized spacial score (nSPS) is 70.4. The highest BCUT2D eigenvalue weighted by atomic mass is 16.2. The minimum absolute atomic E-state index is 0.112. The van der Waals surface area contributed by atoms with Gasteiger partial charge in [0, 0.05) is 11.8 Å². The molecule has 2 nitrogen and oxygen atoms in total. The predicted octanol–water partition coefficient (Wildman–Crippen LogP) is 1.38. The molecule has 0 heterocycles. The highest BCUT2D eigenvalue weighted by Crippen LogP contribution is 2.90. The molecule has 5 saturated carbocycles. The Kier molecular flexibility index (Phi) is 0.842. The van der Waals surface area contributed by atoms with E-state index in [1.165, 1.54) is 0 Å². The highest BCUT2D eigenvalue weighted by molar-refractivity contribution is 6.14. The summed E-state index contributed by atoms with van der Waals surface area (Å²) in [6.07, 6.45) is 9.33. The second-order valence-corrected chi connectivity index (χ2v) is 6.85. The molecule has 0 aromatic heterocycles. The summed E-state index contributed by atoms with van der Waals surface area (Å²) in [5.41, 5.74) is -0.749. The molecule has 6 aliphatic carbocycles. The molecule has 17 heavy (non-hydrogen) atoms.